The molecule has 6 heteroatoms. The molecule has 2 nitrogen and oxygen atoms in total. The van der Waals surface area contributed by atoms with E-state index in [1.165, 1.54) is 6.07 Å². The molecule has 1 atom stereocenters. The Morgan fingerprint density at radius 2 is 1.90 bits per heavy atom. The monoisotopic (exact) mass is 301 g/mol. The number of alkyl halides is 3. The van der Waals surface area contributed by atoms with Crippen molar-refractivity contribution >= 4 is 0 Å². The first kappa shape index (κ1) is 15.6. The average Bonchev–Trinajstić information content (AvgIpc) is 2.89. The standard InChI is InChI=1S/C15H15F4NO/c1-3-10-5-7-13(21-10)14(20-2)9-4-6-12(16)11(8-9)15(17,18)19/h4-8,14,20H,3H2,1-2H3. The summed E-state index contributed by atoms with van der Waals surface area (Å²) >= 11 is 0. The number of rotatable bonds is 4. The maximum atomic E-state index is 13.3. The zero-order valence-electron chi connectivity index (χ0n) is 11.6. The lowest BCUT2D eigenvalue weighted by atomic mass is 10.0. The average molecular weight is 301 g/mol. The number of aryl methyl sites for hydroxylation is 1. The fourth-order valence-corrected chi connectivity index (χ4v) is 2.15. The van der Waals surface area contributed by atoms with Crippen LogP contribution in [0.1, 0.15) is 35.6 Å². The van der Waals surface area contributed by atoms with Gasteiger partial charge in [0.1, 0.15) is 17.3 Å². The number of furan rings is 1. The molecule has 2 aromatic rings. The lowest BCUT2D eigenvalue weighted by molar-refractivity contribution is -0.140. The van der Waals surface area contributed by atoms with Crippen LogP contribution in [0.4, 0.5) is 17.6 Å². The lowest BCUT2D eigenvalue weighted by Crippen LogP contribution is -2.18. The molecule has 21 heavy (non-hydrogen) atoms. The SMILES string of the molecule is CCc1ccc(C(NC)c2ccc(F)c(C(F)(F)F)c2)o1. The molecular weight excluding hydrogens is 286 g/mol. The van der Waals surface area contributed by atoms with Gasteiger partial charge < -0.3 is 9.73 Å². The summed E-state index contributed by atoms with van der Waals surface area (Å²) in [6.45, 7) is 1.91. The van der Waals surface area contributed by atoms with Crippen LogP contribution in [0.5, 0.6) is 0 Å². The van der Waals surface area contributed by atoms with E-state index in [9.17, 15) is 17.6 Å². The van der Waals surface area contributed by atoms with Crippen LogP contribution in [0.3, 0.4) is 0 Å². The first-order valence-corrected chi connectivity index (χ1v) is 6.49. The third-order valence-corrected chi connectivity index (χ3v) is 3.23. The summed E-state index contributed by atoms with van der Waals surface area (Å²) in [7, 11) is 1.61. The largest absolute Gasteiger partial charge is 0.464 e. The fraction of sp³-hybridized carbons (Fsp3) is 0.333. The summed E-state index contributed by atoms with van der Waals surface area (Å²) in [5.41, 5.74) is -0.981. The molecule has 1 N–H and O–H groups in total. The van der Waals surface area contributed by atoms with E-state index in [0.29, 0.717) is 17.7 Å². The van der Waals surface area contributed by atoms with Gasteiger partial charge in [0.05, 0.1) is 11.6 Å². The molecule has 1 aromatic carbocycles. The van der Waals surface area contributed by atoms with Gasteiger partial charge in [0.25, 0.3) is 0 Å². The van der Waals surface area contributed by atoms with Crippen LogP contribution < -0.4 is 5.32 Å². The predicted octanol–water partition coefficient (Wildman–Crippen LogP) is 4.31. The molecule has 0 bridgehead atoms. The van der Waals surface area contributed by atoms with E-state index in [4.69, 9.17) is 4.42 Å². The Kier molecular flexibility index (Phi) is 4.37. The Bertz CT molecular complexity index is 618. The molecule has 0 aliphatic carbocycles. The molecular formula is C15H15F4NO. The zero-order chi connectivity index (χ0) is 15.6. The van der Waals surface area contributed by atoms with Crippen LogP contribution in [-0.4, -0.2) is 7.05 Å². The van der Waals surface area contributed by atoms with Crippen LogP contribution in [0.25, 0.3) is 0 Å². The molecule has 0 saturated carbocycles. The maximum Gasteiger partial charge on any atom is 0.419 e. The van der Waals surface area contributed by atoms with Crippen molar-refractivity contribution in [2.45, 2.75) is 25.6 Å². The highest BCUT2D eigenvalue weighted by Crippen LogP contribution is 2.34. The first-order valence-electron chi connectivity index (χ1n) is 6.49. The highest BCUT2D eigenvalue weighted by atomic mass is 19.4. The Morgan fingerprint density at radius 1 is 1.19 bits per heavy atom. The molecule has 114 valence electrons. The second-order valence-corrected chi connectivity index (χ2v) is 4.62. The Hall–Kier alpha value is -1.82. The Morgan fingerprint density at radius 3 is 2.43 bits per heavy atom. The van der Waals surface area contributed by atoms with Crippen LogP contribution in [0.2, 0.25) is 0 Å². The second kappa shape index (κ2) is 5.89. The van der Waals surface area contributed by atoms with E-state index in [0.717, 1.165) is 17.9 Å². The fourth-order valence-electron chi connectivity index (χ4n) is 2.15. The van der Waals surface area contributed by atoms with Gasteiger partial charge in [0, 0.05) is 6.42 Å². The van der Waals surface area contributed by atoms with Crippen LogP contribution >= 0.6 is 0 Å². The van der Waals surface area contributed by atoms with E-state index >= 15 is 0 Å². The maximum absolute atomic E-state index is 13.3. The van der Waals surface area contributed by atoms with Crippen LogP contribution in [-0.2, 0) is 12.6 Å². The van der Waals surface area contributed by atoms with Gasteiger partial charge in [-0.25, -0.2) is 4.39 Å². The number of benzene rings is 1. The minimum Gasteiger partial charge on any atom is -0.464 e. The third-order valence-electron chi connectivity index (χ3n) is 3.23. The van der Waals surface area contributed by atoms with Crippen molar-refractivity contribution in [3.8, 4) is 0 Å². The van der Waals surface area contributed by atoms with Crippen molar-refractivity contribution in [2.75, 3.05) is 7.05 Å². The summed E-state index contributed by atoms with van der Waals surface area (Å²) in [6, 6.07) is 5.87. The topological polar surface area (TPSA) is 25.2 Å². The molecule has 0 radical (unpaired) electrons. The third kappa shape index (κ3) is 3.26. The van der Waals surface area contributed by atoms with Gasteiger partial charge in [-0.2, -0.15) is 13.2 Å². The van der Waals surface area contributed by atoms with Crippen molar-refractivity contribution in [3.63, 3.8) is 0 Å². The number of hydrogen-bond acceptors (Lipinski definition) is 2. The number of hydrogen-bond donors (Lipinski definition) is 1. The smallest absolute Gasteiger partial charge is 0.419 e. The summed E-state index contributed by atoms with van der Waals surface area (Å²) in [6.07, 6.45) is -4.04. The summed E-state index contributed by atoms with van der Waals surface area (Å²) in [5.74, 6) is -0.0488. The number of nitrogens with one attached hydrogen (secondary N) is 1. The van der Waals surface area contributed by atoms with Crippen molar-refractivity contribution in [3.05, 3.63) is 58.8 Å². The molecule has 0 fully saturated rings. The minimum atomic E-state index is -4.73. The summed E-state index contributed by atoms with van der Waals surface area (Å²) in [4.78, 5) is 0. The van der Waals surface area contributed by atoms with Gasteiger partial charge in [0.2, 0.25) is 0 Å². The van der Waals surface area contributed by atoms with Crippen molar-refractivity contribution < 1.29 is 22.0 Å². The van der Waals surface area contributed by atoms with Crippen molar-refractivity contribution in [1.82, 2.24) is 5.32 Å². The molecule has 0 aliphatic rings. The molecule has 0 amide bonds. The minimum absolute atomic E-state index is 0.295. The van der Waals surface area contributed by atoms with Gasteiger partial charge in [0.15, 0.2) is 0 Å². The quantitative estimate of drug-likeness (QED) is 0.851. The molecule has 0 aliphatic heterocycles. The highest BCUT2D eigenvalue weighted by molar-refractivity contribution is 5.33. The molecule has 1 unspecified atom stereocenters. The van der Waals surface area contributed by atoms with Crippen LogP contribution in [0.15, 0.2) is 34.7 Å². The van der Waals surface area contributed by atoms with Crippen molar-refractivity contribution in [1.29, 1.82) is 0 Å². The molecule has 0 spiro atoms. The lowest BCUT2D eigenvalue weighted by Gasteiger charge is -2.16. The van der Waals surface area contributed by atoms with E-state index in [1.807, 2.05) is 6.92 Å². The van der Waals surface area contributed by atoms with E-state index in [1.54, 1.807) is 19.2 Å². The zero-order valence-corrected chi connectivity index (χ0v) is 11.6. The highest BCUT2D eigenvalue weighted by Gasteiger charge is 2.35. The summed E-state index contributed by atoms with van der Waals surface area (Å²) < 4.78 is 57.2. The molecule has 1 aromatic heterocycles. The van der Waals surface area contributed by atoms with Gasteiger partial charge in [-0.15, -0.1) is 0 Å². The Labute approximate surface area is 119 Å². The van der Waals surface area contributed by atoms with Gasteiger partial charge in [-0.3, -0.25) is 0 Å². The Balaban J connectivity index is 2.43. The van der Waals surface area contributed by atoms with E-state index < -0.39 is 23.6 Å². The van der Waals surface area contributed by atoms with E-state index in [-0.39, 0.29) is 0 Å². The molecule has 2 rings (SSSR count). The van der Waals surface area contributed by atoms with Gasteiger partial charge >= 0.3 is 6.18 Å². The van der Waals surface area contributed by atoms with Gasteiger partial charge in [-0.1, -0.05) is 13.0 Å². The van der Waals surface area contributed by atoms with Crippen molar-refractivity contribution in [2.24, 2.45) is 0 Å². The summed E-state index contributed by atoms with van der Waals surface area (Å²) in [5, 5.41) is 2.89. The van der Waals surface area contributed by atoms with Crippen LogP contribution in [0, 0.1) is 5.82 Å². The van der Waals surface area contributed by atoms with E-state index in [2.05, 4.69) is 5.32 Å². The molecule has 1 heterocycles. The number of halogens is 4. The normalized spacial score (nSPS) is 13.4. The predicted molar refractivity (Wildman–Crippen MR) is 70.4 cm³/mol. The van der Waals surface area contributed by atoms with Gasteiger partial charge in [-0.05, 0) is 36.9 Å². The second-order valence-electron chi connectivity index (χ2n) is 4.62. The molecule has 0 saturated heterocycles. The first-order chi connectivity index (χ1) is 9.86.